The average molecular weight is 362 g/mol. The predicted octanol–water partition coefficient (Wildman–Crippen LogP) is 2.55. The first kappa shape index (κ1) is 17.4. The van der Waals surface area contributed by atoms with Crippen LogP contribution in [-0.4, -0.2) is 63.4 Å². The van der Waals surface area contributed by atoms with Gasteiger partial charge in [-0.15, -0.1) is 0 Å². The number of anilines is 2. The second-order valence-corrected chi connectivity index (χ2v) is 6.52. The van der Waals surface area contributed by atoms with E-state index < -0.39 is 0 Å². The molecule has 0 aliphatic carbocycles. The summed E-state index contributed by atoms with van der Waals surface area (Å²) in [6, 6.07) is 9.85. The number of aromatic nitrogens is 3. The van der Waals surface area contributed by atoms with Crippen molar-refractivity contribution >= 4 is 28.3 Å². The number of para-hydroxylation sites is 1. The maximum absolute atomic E-state index is 12.6. The first-order chi connectivity index (χ1) is 13.2. The molecule has 1 aromatic carbocycles. The summed E-state index contributed by atoms with van der Waals surface area (Å²) in [6.07, 6.45) is 4.89. The number of carbonyl (C=O) groups is 1. The monoisotopic (exact) mass is 362 g/mol. The Morgan fingerprint density at radius 1 is 1.04 bits per heavy atom. The standard InChI is InChI=1S/C20H22N6O/c1-2-25-9-11-26(12-10-25)20(27)17-13-23-18(14-22-17)24-16-7-3-5-15-6-4-8-21-19(15)16/h3-8,13-14H,2,9-12H2,1H3,(H,23,24). The highest BCUT2D eigenvalue weighted by molar-refractivity contribution is 5.93. The molecule has 4 rings (SSSR count). The van der Waals surface area contributed by atoms with Crippen LogP contribution in [0.5, 0.6) is 0 Å². The molecule has 2 aromatic heterocycles. The van der Waals surface area contributed by atoms with E-state index >= 15 is 0 Å². The first-order valence-electron chi connectivity index (χ1n) is 9.19. The normalized spacial score (nSPS) is 15.1. The molecule has 0 bridgehead atoms. The zero-order chi connectivity index (χ0) is 18.6. The van der Waals surface area contributed by atoms with Crippen molar-refractivity contribution in [1.29, 1.82) is 0 Å². The number of carbonyl (C=O) groups excluding carboxylic acids is 1. The van der Waals surface area contributed by atoms with Crippen molar-refractivity contribution in [3.05, 3.63) is 54.6 Å². The number of amides is 1. The second-order valence-electron chi connectivity index (χ2n) is 6.52. The van der Waals surface area contributed by atoms with Crippen molar-refractivity contribution in [3.8, 4) is 0 Å². The lowest BCUT2D eigenvalue weighted by Gasteiger charge is -2.33. The maximum atomic E-state index is 12.6. The summed E-state index contributed by atoms with van der Waals surface area (Å²) in [5.74, 6) is 0.525. The molecule has 0 saturated carbocycles. The largest absolute Gasteiger partial charge is 0.337 e. The molecule has 7 heteroatoms. The minimum absolute atomic E-state index is 0.0587. The van der Waals surface area contributed by atoms with Gasteiger partial charge >= 0.3 is 0 Å². The molecule has 7 nitrogen and oxygen atoms in total. The minimum Gasteiger partial charge on any atom is -0.337 e. The first-order valence-corrected chi connectivity index (χ1v) is 9.19. The van der Waals surface area contributed by atoms with Crippen LogP contribution in [0.4, 0.5) is 11.5 Å². The van der Waals surface area contributed by atoms with Crippen molar-refractivity contribution in [2.75, 3.05) is 38.0 Å². The summed E-state index contributed by atoms with van der Waals surface area (Å²) in [6.45, 7) is 6.43. The number of nitrogens with one attached hydrogen (secondary N) is 1. The highest BCUT2D eigenvalue weighted by Gasteiger charge is 2.22. The van der Waals surface area contributed by atoms with Gasteiger partial charge in [-0.05, 0) is 18.7 Å². The van der Waals surface area contributed by atoms with E-state index in [1.54, 1.807) is 12.4 Å². The Hall–Kier alpha value is -3.06. The van der Waals surface area contributed by atoms with Crippen LogP contribution in [0.1, 0.15) is 17.4 Å². The summed E-state index contributed by atoms with van der Waals surface area (Å²) in [7, 11) is 0. The van der Waals surface area contributed by atoms with Crippen molar-refractivity contribution in [3.63, 3.8) is 0 Å². The number of fused-ring (bicyclic) bond motifs is 1. The Balaban J connectivity index is 1.47. The van der Waals surface area contributed by atoms with Crippen molar-refractivity contribution in [2.24, 2.45) is 0 Å². The van der Waals surface area contributed by atoms with E-state index in [4.69, 9.17) is 0 Å². The van der Waals surface area contributed by atoms with Crippen molar-refractivity contribution < 1.29 is 4.79 Å². The predicted molar refractivity (Wildman–Crippen MR) is 105 cm³/mol. The zero-order valence-corrected chi connectivity index (χ0v) is 15.3. The van der Waals surface area contributed by atoms with Crippen LogP contribution in [0.25, 0.3) is 10.9 Å². The Morgan fingerprint density at radius 3 is 2.59 bits per heavy atom. The molecule has 1 amide bonds. The molecule has 0 atom stereocenters. The number of pyridine rings is 1. The number of rotatable bonds is 4. The third-order valence-electron chi connectivity index (χ3n) is 4.87. The Morgan fingerprint density at radius 2 is 1.85 bits per heavy atom. The summed E-state index contributed by atoms with van der Waals surface area (Å²) < 4.78 is 0. The molecule has 27 heavy (non-hydrogen) atoms. The van der Waals surface area contributed by atoms with E-state index in [2.05, 4.69) is 32.1 Å². The van der Waals surface area contributed by atoms with Crippen LogP contribution in [-0.2, 0) is 0 Å². The van der Waals surface area contributed by atoms with Crippen LogP contribution in [0, 0.1) is 0 Å². The lowest BCUT2D eigenvalue weighted by atomic mass is 10.2. The molecule has 1 N–H and O–H groups in total. The fourth-order valence-corrected chi connectivity index (χ4v) is 3.28. The number of likely N-dealkylation sites (N-methyl/N-ethyl adjacent to an activating group) is 1. The highest BCUT2D eigenvalue weighted by Crippen LogP contribution is 2.23. The molecule has 3 heterocycles. The van der Waals surface area contributed by atoms with Crippen LogP contribution in [0.2, 0.25) is 0 Å². The molecule has 0 radical (unpaired) electrons. The van der Waals surface area contributed by atoms with E-state index in [0.717, 1.165) is 49.3 Å². The van der Waals surface area contributed by atoms with Gasteiger partial charge in [0.15, 0.2) is 0 Å². The Kier molecular flexibility index (Phi) is 4.93. The van der Waals surface area contributed by atoms with E-state index in [9.17, 15) is 4.79 Å². The van der Waals surface area contributed by atoms with Gasteiger partial charge in [0.05, 0.1) is 23.6 Å². The molecular formula is C20H22N6O. The maximum Gasteiger partial charge on any atom is 0.274 e. The number of piperazine rings is 1. The number of hydrogen-bond donors (Lipinski definition) is 1. The van der Waals surface area contributed by atoms with Crippen molar-refractivity contribution in [2.45, 2.75) is 6.92 Å². The second kappa shape index (κ2) is 7.67. The van der Waals surface area contributed by atoms with Crippen LogP contribution >= 0.6 is 0 Å². The van der Waals surface area contributed by atoms with Crippen LogP contribution in [0.3, 0.4) is 0 Å². The van der Waals surface area contributed by atoms with Gasteiger partial charge < -0.3 is 15.1 Å². The van der Waals surface area contributed by atoms with E-state index in [1.165, 1.54) is 6.20 Å². The topological polar surface area (TPSA) is 74.2 Å². The van der Waals surface area contributed by atoms with Crippen LogP contribution in [0.15, 0.2) is 48.9 Å². The van der Waals surface area contributed by atoms with Gasteiger partial charge in [-0.1, -0.05) is 25.1 Å². The quantitative estimate of drug-likeness (QED) is 0.769. The molecule has 0 unspecified atom stereocenters. The molecule has 0 spiro atoms. The van der Waals surface area contributed by atoms with E-state index in [1.807, 2.05) is 35.2 Å². The summed E-state index contributed by atoms with van der Waals surface area (Å²) in [5, 5.41) is 4.29. The fourth-order valence-electron chi connectivity index (χ4n) is 3.28. The Bertz CT molecular complexity index is 929. The summed E-state index contributed by atoms with van der Waals surface area (Å²) >= 11 is 0. The SMILES string of the molecule is CCN1CCN(C(=O)c2cnc(Nc3cccc4cccnc34)cn2)CC1. The minimum atomic E-state index is -0.0587. The molecule has 3 aromatic rings. The Labute approximate surface area is 158 Å². The summed E-state index contributed by atoms with van der Waals surface area (Å²) in [4.78, 5) is 29.9. The third kappa shape index (κ3) is 3.73. The average Bonchev–Trinajstić information content (AvgIpc) is 2.74. The van der Waals surface area contributed by atoms with Gasteiger partial charge in [0, 0.05) is 37.8 Å². The fraction of sp³-hybridized carbons (Fsp3) is 0.300. The smallest absolute Gasteiger partial charge is 0.274 e. The molecule has 138 valence electrons. The van der Waals surface area contributed by atoms with Crippen LogP contribution < -0.4 is 5.32 Å². The highest BCUT2D eigenvalue weighted by atomic mass is 16.2. The van der Waals surface area contributed by atoms with Gasteiger partial charge in [-0.2, -0.15) is 0 Å². The third-order valence-corrected chi connectivity index (χ3v) is 4.87. The summed E-state index contributed by atoms with van der Waals surface area (Å²) in [5.41, 5.74) is 2.11. The van der Waals surface area contributed by atoms with E-state index in [-0.39, 0.29) is 5.91 Å². The van der Waals surface area contributed by atoms with Gasteiger partial charge in [-0.3, -0.25) is 9.78 Å². The number of hydrogen-bond acceptors (Lipinski definition) is 6. The lowest BCUT2D eigenvalue weighted by molar-refractivity contribution is 0.0637. The molecule has 1 fully saturated rings. The zero-order valence-electron chi connectivity index (χ0n) is 15.3. The van der Waals surface area contributed by atoms with Crippen molar-refractivity contribution in [1.82, 2.24) is 24.8 Å². The van der Waals surface area contributed by atoms with Gasteiger partial charge in [0.2, 0.25) is 0 Å². The van der Waals surface area contributed by atoms with Gasteiger partial charge in [0.25, 0.3) is 5.91 Å². The lowest BCUT2D eigenvalue weighted by Crippen LogP contribution is -2.48. The van der Waals surface area contributed by atoms with Gasteiger partial charge in [-0.25, -0.2) is 9.97 Å². The van der Waals surface area contributed by atoms with E-state index in [0.29, 0.717) is 11.5 Å². The molecule has 1 aliphatic heterocycles. The van der Waals surface area contributed by atoms with Gasteiger partial charge in [0.1, 0.15) is 11.5 Å². The molecular weight excluding hydrogens is 340 g/mol. The number of benzene rings is 1. The molecule has 1 saturated heterocycles. The molecule has 1 aliphatic rings. The number of nitrogens with zero attached hydrogens (tertiary/aromatic N) is 5.